The second-order valence-corrected chi connectivity index (χ2v) is 6.15. The van der Waals surface area contributed by atoms with Crippen molar-refractivity contribution in [3.8, 4) is 11.5 Å². The third kappa shape index (κ3) is 3.67. The first-order valence-corrected chi connectivity index (χ1v) is 7.78. The van der Waals surface area contributed by atoms with Gasteiger partial charge in [-0.15, -0.1) is 0 Å². The van der Waals surface area contributed by atoms with E-state index in [4.69, 9.17) is 4.42 Å². The maximum absolute atomic E-state index is 13.4. The molecule has 0 saturated carbocycles. The number of nitrogens with one attached hydrogen (secondary N) is 1. The molecule has 1 unspecified atom stereocenters. The summed E-state index contributed by atoms with van der Waals surface area (Å²) in [4.78, 5) is 29.3. The first-order chi connectivity index (χ1) is 11.7. The second-order valence-electron chi connectivity index (χ2n) is 6.15. The number of hydrogen-bond acceptors (Lipinski definition) is 4. The van der Waals surface area contributed by atoms with Gasteiger partial charge in [0.25, 0.3) is 5.92 Å². The maximum atomic E-state index is 13.4. The third-order valence-electron chi connectivity index (χ3n) is 3.97. The van der Waals surface area contributed by atoms with Crippen LogP contribution in [0.1, 0.15) is 19.1 Å². The minimum Gasteiger partial charge on any atom is -0.441 e. The van der Waals surface area contributed by atoms with Crippen LogP contribution in [0, 0.1) is 6.92 Å². The molecule has 1 atom stereocenters. The molecule has 1 aliphatic heterocycles. The van der Waals surface area contributed by atoms with E-state index in [1.807, 2.05) is 0 Å². The van der Waals surface area contributed by atoms with E-state index >= 15 is 0 Å². The van der Waals surface area contributed by atoms with Gasteiger partial charge in [-0.2, -0.15) is 0 Å². The summed E-state index contributed by atoms with van der Waals surface area (Å²) in [6, 6.07) is 5.91. The van der Waals surface area contributed by atoms with E-state index in [9.17, 15) is 18.4 Å². The molecular formula is C17H17F2N3O3. The van der Waals surface area contributed by atoms with Crippen LogP contribution in [0.5, 0.6) is 0 Å². The topological polar surface area (TPSA) is 75.4 Å². The summed E-state index contributed by atoms with van der Waals surface area (Å²) in [5.41, 5.74) is 0.977. The molecule has 3 rings (SSSR count). The van der Waals surface area contributed by atoms with E-state index in [-0.39, 0.29) is 0 Å². The van der Waals surface area contributed by atoms with Gasteiger partial charge in [0.05, 0.1) is 12.7 Å². The summed E-state index contributed by atoms with van der Waals surface area (Å²) in [6.45, 7) is 2.52. The smallest absolute Gasteiger partial charge is 0.313 e. The first kappa shape index (κ1) is 17.1. The van der Waals surface area contributed by atoms with E-state index in [1.54, 1.807) is 37.4 Å². The van der Waals surface area contributed by atoms with Crippen LogP contribution in [-0.2, 0) is 9.59 Å². The molecule has 1 aromatic carbocycles. The van der Waals surface area contributed by atoms with Gasteiger partial charge in [-0.1, -0.05) is 6.07 Å². The molecule has 2 amide bonds. The highest BCUT2D eigenvalue weighted by Crippen LogP contribution is 2.32. The van der Waals surface area contributed by atoms with Crippen molar-refractivity contribution < 1.29 is 22.8 Å². The van der Waals surface area contributed by atoms with Gasteiger partial charge in [-0.3, -0.25) is 9.59 Å². The van der Waals surface area contributed by atoms with Crippen LogP contribution in [0.3, 0.4) is 0 Å². The largest absolute Gasteiger partial charge is 0.441 e. The molecule has 1 N–H and O–H groups in total. The molecule has 1 saturated heterocycles. The number of aryl methyl sites for hydroxylation is 1. The van der Waals surface area contributed by atoms with Gasteiger partial charge >= 0.3 is 11.8 Å². The maximum Gasteiger partial charge on any atom is 0.313 e. The molecule has 0 spiro atoms. The molecule has 132 valence electrons. The normalized spacial score (nSPS) is 19.0. The summed E-state index contributed by atoms with van der Waals surface area (Å²) in [5, 5.41) is 2.44. The highest BCUT2D eigenvalue weighted by Gasteiger charge is 2.46. The van der Waals surface area contributed by atoms with Gasteiger partial charge < -0.3 is 14.6 Å². The number of aromatic nitrogens is 1. The Morgan fingerprint density at radius 3 is 2.76 bits per heavy atom. The Kier molecular flexibility index (Phi) is 4.28. The predicted octanol–water partition coefficient (Wildman–Crippen LogP) is 2.84. The van der Waals surface area contributed by atoms with Gasteiger partial charge in [0.2, 0.25) is 5.89 Å². The molecule has 1 aliphatic rings. The fraction of sp³-hybridized carbons (Fsp3) is 0.353. The summed E-state index contributed by atoms with van der Waals surface area (Å²) in [5.74, 6) is -3.86. The zero-order chi connectivity index (χ0) is 18.2. The van der Waals surface area contributed by atoms with E-state index in [2.05, 4.69) is 10.3 Å². The molecule has 25 heavy (non-hydrogen) atoms. The lowest BCUT2D eigenvalue weighted by atomic mass is 10.2. The van der Waals surface area contributed by atoms with Crippen LogP contribution in [0.4, 0.5) is 14.5 Å². The van der Waals surface area contributed by atoms with Crippen molar-refractivity contribution in [2.75, 3.05) is 11.9 Å². The van der Waals surface area contributed by atoms with Crippen molar-refractivity contribution >= 4 is 17.5 Å². The summed E-state index contributed by atoms with van der Waals surface area (Å²) >= 11 is 0. The SMILES string of the molecule is Cc1cnc(-c2cccc(NC(=O)C(=O)N3CC(F)(F)CC3C)c2)o1. The van der Waals surface area contributed by atoms with Gasteiger partial charge in [0.15, 0.2) is 0 Å². The lowest BCUT2D eigenvalue weighted by molar-refractivity contribution is -0.144. The number of rotatable bonds is 2. The van der Waals surface area contributed by atoms with Crippen molar-refractivity contribution in [1.82, 2.24) is 9.88 Å². The Morgan fingerprint density at radius 1 is 1.40 bits per heavy atom. The van der Waals surface area contributed by atoms with Gasteiger partial charge in [0, 0.05) is 23.7 Å². The minimum absolute atomic E-state index is 0.352. The number of carbonyl (C=O) groups is 2. The molecule has 6 nitrogen and oxygen atoms in total. The number of amides is 2. The highest BCUT2D eigenvalue weighted by atomic mass is 19.3. The van der Waals surface area contributed by atoms with Gasteiger partial charge in [-0.25, -0.2) is 13.8 Å². The van der Waals surface area contributed by atoms with E-state index < -0.39 is 36.7 Å². The zero-order valence-electron chi connectivity index (χ0n) is 13.8. The van der Waals surface area contributed by atoms with Crippen LogP contribution >= 0.6 is 0 Å². The molecule has 8 heteroatoms. The fourth-order valence-corrected chi connectivity index (χ4v) is 2.82. The van der Waals surface area contributed by atoms with Crippen molar-refractivity contribution in [2.24, 2.45) is 0 Å². The number of benzene rings is 1. The van der Waals surface area contributed by atoms with E-state index in [0.717, 1.165) is 4.90 Å². The van der Waals surface area contributed by atoms with Crippen LogP contribution in [0.2, 0.25) is 0 Å². The number of alkyl halides is 2. The molecule has 0 bridgehead atoms. The monoisotopic (exact) mass is 349 g/mol. The predicted molar refractivity (Wildman–Crippen MR) is 86.0 cm³/mol. The highest BCUT2D eigenvalue weighted by molar-refractivity contribution is 6.39. The number of oxazole rings is 1. The third-order valence-corrected chi connectivity index (χ3v) is 3.97. The van der Waals surface area contributed by atoms with Crippen LogP contribution < -0.4 is 5.32 Å². The molecule has 0 radical (unpaired) electrons. The average Bonchev–Trinajstić information content (AvgIpc) is 3.09. The lowest BCUT2D eigenvalue weighted by Gasteiger charge is -2.20. The molecule has 2 heterocycles. The number of nitrogens with zero attached hydrogens (tertiary/aromatic N) is 2. The molecule has 1 aromatic heterocycles. The van der Waals surface area contributed by atoms with Gasteiger partial charge in [-0.05, 0) is 32.0 Å². The quantitative estimate of drug-likeness (QED) is 0.846. The van der Waals surface area contributed by atoms with Crippen molar-refractivity contribution in [3.63, 3.8) is 0 Å². The number of likely N-dealkylation sites (tertiary alicyclic amines) is 1. The van der Waals surface area contributed by atoms with Gasteiger partial charge in [0.1, 0.15) is 5.76 Å². The molecular weight excluding hydrogens is 332 g/mol. The molecule has 2 aromatic rings. The average molecular weight is 349 g/mol. The Bertz CT molecular complexity index is 819. The van der Waals surface area contributed by atoms with Crippen LogP contribution in [0.15, 0.2) is 34.9 Å². The Hall–Kier alpha value is -2.77. The molecule has 0 aliphatic carbocycles. The Morgan fingerprint density at radius 2 is 2.16 bits per heavy atom. The van der Waals surface area contributed by atoms with Crippen molar-refractivity contribution in [1.29, 1.82) is 0 Å². The summed E-state index contributed by atoms with van der Waals surface area (Å²) in [7, 11) is 0. The van der Waals surface area contributed by atoms with Crippen LogP contribution in [-0.4, -0.2) is 40.2 Å². The number of halogens is 2. The Labute approximate surface area is 142 Å². The zero-order valence-corrected chi connectivity index (χ0v) is 13.8. The Balaban J connectivity index is 1.72. The van der Waals surface area contributed by atoms with Crippen LogP contribution in [0.25, 0.3) is 11.5 Å². The first-order valence-electron chi connectivity index (χ1n) is 7.78. The lowest BCUT2D eigenvalue weighted by Crippen LogP contribution is -2.42. The number of carbonyl (C=O) groups excluding carboxylic acids is 2. The van der Waals surface area contributed by atoms with Crippen molar-refractivity contribution in [2.45, 2.75) is 32.2 Å². The standard InChI is InChI=1S/C17H17F2N3O3/c1-10-7-17(18,19)9-22(10)16(24)14(23)21-13-5-3-4-12(6-13)15-20-8-11(2)25-15/h3-6,8,10H,7,9H2,1-2H3,(H,21,23). The molecule has 1 fully saturated rings. The minimum atomic E-state index is -2.96. The fourth-order valence-electron chi connectivity index (χ4n) is 2.82. The van der Waals surface area contributed by atoms with E-state index in [0.29, 0.717) is 22.9 Å². The number of anilines is 1. The second kappa shape index (κ2) is 6.27. The summed E-state index contributed by atoms with van der Waals surface area (Å²) in [6.07, 6.45) is 1.13. The van der Waals surface area contributed by atoms with E-state index in [1.165, 1.54) is 6.92 Å². The number of hydrogen-bond donors (Lipinski definition) is 1. The summed E-state index contributed by atoms with van der Waals surface area (Å²) < 4.78 is 32.2. The van der Waals surface area contributed by atoms with Crippen molar-refractivity contribution in [3.05, 3.63) is 36.2 Å².